The minimum Gasteiger partial charge on any atom is -0.380 e. The fraction of sp³-hybridized carbons (Fsp3) is 0.909. The molecule has 0 radical (unpaired) electrons. The van der Waals surface area contributed by atoms with Crippen molar-refractivity contribution < 1.29 is 14.3 Å². The Bertz CT molecular complexity index is 207. The van der Waals surface area contributed by atoms with E-state index in [1.165, 1.54) is 7.11 Å². The maximum atomic E-state index is 11.0. The molecule has 0 heterocycles. The zero-order valence-electron chi connectivity index (χ0n) is 10.8. The van der Waals surface area contributed by atoms with Gasteiger partial charge in [-0.1, -0.05) is 22.6 Å². The topological polar surface area (TPSA) is 59.6 Å². The van der Waals surface area contributed by atoms with Gasteiger partial charge in [-0.15, -0.1) is 0 Å². The summed E-state index contributed by atoms with van der Waals surface area (Å²) in [5.41, 5.74) is 0. The molecule has 17 heavy (non-hydrogen) atoms. The summed E-state index contributed by atoms with van der Waals surface area (Å²) in [5, 5.41) is 6.06. The molecule has 102 valence electrons. The van der Waals surface area contributed by atoms with Crippen molar-refractivity contribution in [2.24, 2.45) is 0 Å². The molecule has 0 atom stereocenters. The number of alkyl halides is 1. The minimum absolute atomic E-state index is 0.106. The van der Waals surface area contributed by atoms with Gasteiger partial charge in [0.05, 0.1) is 10.2 Å². The molecule has 0 unspecified atom stereocenters. The highest BCUT2D eigenvalue weighted by atomic mass is 127. The third-order valence-electron chi connectivity index (χ3n) is 1.85. The second-order valence-electron chi connectivity index (χ2n) is 4.15. The number of nitrogens with one attached hydrogen (secondary N) is 2. The Hall–Kier alpha value is 0.0800. The SMILES string of the molecule is COCC(=O)NCCOCCCNC(C)(C)I. The van der Waals surface area contributed by atoms with Crippen molar-refractivity contribution in [2.45, 2.75) is 23.8 Å². The first kappa shape index (κ1) is 17.1. The molecule has 0 aliphatic heterocycles. The summed E-state index contributed by atoms with van der Waals surface area (Å²) in [4.78, 5) is 11.0. The molecule has 0 saturated heterocycles. The van der Waals surface area contributed by atoms with Gasteiger partial charge in [0.15, 0.2) is 0 Å². The first-order valence-electron chi connectivity index (χ1n) is 5.73. The summed E-state index contributed by atoms with van der Waals surface area (Å²) in [6.07, 6.45) is 0.971. The maximum absolute atomic E-state index is 11.0. The number of methoxy groups -OCH3 is 1. The predicted octanol–water partition coefficient (Wildman–Crippen LogP) is 0.916. The van der Waals surface area contributed by atoms with E-state index in [0.29, 0.717) is 19.8 Å². The molecule has 0 saturated carbocycles. The van der Waals surface area contributed by atoms with E-state index in [2.05, 4.69) is 51.8 Å². The van der Waals surface area contributed by atoms with Crippen LogP contribution in [0.3, 0.4) is 0 Å². The predicted molar refractivity (Wildman–Crippen MR) is 76.4 cm³/mol. The highest BCUT2D eigenvalue weighted by molar-refractivity contribution is 14.1. The standard InChI is InChI=1S/C11H23IN2O3/c1-11(2,12)14-5-4-7-17-8-6-13-10(15)9-16-3/h14H,4-9H2,1-3H3,(H,13,15). The van der Waals surface area contributed by atoms with Crippen LogP contribution in [0.4, 0.5) is 0 Å². The molecule has 0 fully saturated rings. The summed E-state index contributed by atoms with van der Waals surface area (Å²) < 4.78 is 10.2. The molecule has 1 amide bonds. The van der Waals surface area contributed by atoms with Crippen LogP contribution in [0.25, 0.3) is 0 Å². The van der Waals surface area contributed by atoms with E-state index in [1.54, 1.807) is 0 Å². The van der Waals surface area contributed by atoms with Crippen LogP contribution in [-0.2, 0) is 14.3 Å². The van der Waals surface area contributed by atoms with Crippen molar-refractivity contribution in [1.82, 2.24) is 10.6 Å². The van der Waals surface area contributed by atoms with Crippen LogP contribution in [-0.4, -0.2) is 49.5 Å². The van der Waals surface area contributed by atoms with Gasteiger partial charge >= 0.3 is 0 Å². The lowest BCUT2D eigenvalue weighted by molar-refractivity contribution is -0.124. The molecule has 0 spiro atoms. The monoisotopic (exact) mass is 358 g/mol. The van der Waals surface area contributed by atoms with Crippen molar-refractivity contribution in [3.05, 3.63) is 0 Å². The average molecular weight is 358 g/mol. The Kier molecular flexibility index (Phi) is 10.1. The van der Waals surface area contributed by atoms with Gasteiger partial charge in [-0.2, -0.15) is 0 Å². The molecular weight excluding hydrogens is 335 g/mol. The van der Waals surface area contributed by atoms with Crippen molar-refractivity contribution in [3.8, 4) is 0 Å². The second-order valence-corrected chi connectivity index (χ2v) is 6.84. The number of hydrogen-bond donors (Lipinski definition) is 2. The van der Waals surface area contributed by atoms with E-state index >= 15 is 0 Å². The fourth-order valence-corrected chi connectivity index (χ4v) is 1.38. The number of halogens is 1. The Morgan fingerprint density at radius 3 is 2.59 bits per heavy atom. The van der Waals surface area contributed by atoms with E-state index in [1.807, 2.05) is 0 Å². The average Bonchev–Trinajstić information content (AvgIpc) is 2.21. The summed E-state index contributed by atoms with van der Waals surface area (Å²) >= 11 is 2.35. The van der Waals surface area contributed by atoms with Crippen LogP contribution in [0.15, 0.2) is 0 Å². The van der Waals surface area contributed by atoms with E-state index < -0.39 is 0 Å². The van der Waals surface area contributed by atoms with Gasteiger partial charge in [0.25, 0.3) is 0 Å². The summed E-state index contributed by atoms with van der Waals surface area (Å²) in [6, 6.07) is 0. The second kappa shape index (κ2) is 10.0. The van der Waals surface area contributed by atoms with Gasteiger partial charge < -0.3 is 20.1 Å². The first-order chi connectivity index (χ1) is 7.95. The number of carbonyl (C=O) groups excluding carboxylic acids is 1. The Balaban J connectivity index is 3.16. The van der Waals surface area contributed by atoms with Crippen LogP contribution in [0.2, 0.25) is 0 Å². The van der Waals surface area contributed by atoms with Gasteiger partial charge in [0.2, 0.25) is 5.91 Å². The molecular formula is C11H23IN2O3. The summed E-state index contributed by atoms with van der Waals surface area (Å²) in [6.45, 7) is 7.08. The van der Waals surface area contributed by atoms with E-state index in [4.69, 9.17) is 4.74 Å². The van der Waals surface area contributed by atoms with E-state index in [-0.39, 0.29) is 16.1 Å². The van der Waals surface area contributed by atoms with E-state index in [9.17, 15) is 4.79 Å². The van der Waals surface area contributed by atoms with Crippen LogP contribution < -0.4 is 10.6 Å². The Morgan fingerprint density at radius 2 is 2.00 bits per heavy atom. The molecule has 0 aliphatic carbocycles. The van der Waals surface area contributed by atoms with Crippen molar-refractivity contribution in [1.29, 1.82) is 0 Å². The third kappa shape index (κ3) is 14.0. The van der Waals surface area contributed by atoms with Crippen molar-refractivity contribution in [3.63, 3.8) is 0 Å². The number of hydrogen-bond acceptors (Lipinski definition) is 4. The third-order valence-corrected chi connectivity index (χ3v) is 2.24. The number of amides is 1. The maximum Gasteiger partial charge on any atom is 0.246 e. The molecule has 0 aromatic heterocycles. The largest absolute Gasteiger partial charge is 0.380 e. The molecule has 0 bridgehead atoms. The smallest absolute Gasteiger partial charge is 0.246 e. The van der Waals surface area contributed by atoms with Gasteiger partial charge in [0.1, 0.15) is 6.61 Å². The molecule has 5 nitrogen and oxygen atoms in total. The lowest BCUT2D eigenvalue weighted by Gasteiger charge is -2.18. The molecule has 0 aliphatic rings. The normalized spacial score (nSPS) is 11.5. The first-order valence-corrected chi connectivity index (χ1v) is 6.81. The molecule has 2 N–H and O–H groups in total. The fourth-order valence-electron chi connectivity index (χ4n) is 1.11. The quantitative estimate of drug-likeness (QED) is 0.264. The van der Waals surface area contributed by atoms with Crippen LogP contribution in [0, 0.1) is 0 Å². The highest BCUT2D eigenvalue weighted by Crippen LogP contribution is 2.10. The van der Waals surface area contributed by atoms with Crippen LogP contribution in [0.5, 0.6) is 0 Å². The summed E-state index contributed by atoms with van der Waals surface area (Å²) in [5.74, 6) is -0.107. The number of ether oxygens (including phenoxy) is 2. The lowest BCUT2D eigenvalue weighted by atomic mass is 10.3. The van der Waals surface area contributed by atoms with E-state index in [0.717, 1.165) is 13.0 Å². The molecule has 0 rings (SSSR count). The van der Waals surface area contributed by atoms with Crippen molar-refractivity contribution in [2.75, 3.05) is 40.0 Å². The number of carbonyl (C=O) groups is 1. The minimum atomic E-state index is -0.107. The Labute approximate surface area is 117 Å². The zero-order valence-corrected chi connectivity index (χ0v) is 13.0. The number of rotatable bonds is 10. The van der Waals surface area contributed by atoms with Gasteiger partial charge in [-0.3, -0.25) is 4.79 Å². The molecule has 0 aromatic carbocycles. The lowest BCUT2D eigenvalue weighted by Crippen LogP contribution is -2.34. The molecule has 0 aromatic rings. The van der Waals surface area contributed by atoms with Crippen LogP contribution >= 0.6 is 22.6 Å². The van der Waals surface area contributed by atoms with Crippen molar-refractivity contribution >= 4 is 28.5 Å². The summed E-state index contributed by atoms with van der Waals surface area (Å²) in [7, 11) is 1.50. The molecule has 6 heteroatoms. The Morgan fingerprint density at radius 1 is 1.29 bits per heavy atom. The van der Waals surface area contributed by atoms with Crippen LogP contribution in [0.1, 0.15) is 20.3 Å². The highest BCUT2D eigenvalue weighted by Gasteiger charge is 2.09. The zero-order chi connectivity index (χ0) is 13.1. The van der Waals surface area contributed by atoms with Gasteiger partial charge in [-0.05, 0) is 26.8 Å². The van der Waals surface area contributed by atoms with Gasteiger partial charge in [-0.25, -0.2) is 0 Å². The van der Waals surface area contributed by atoms with Gasteiger partial charge in [0, 0.05) is 20.3 Å².